The molecule has 0 radical (unpaired) electrons. The van der Waals surface area contributed by atoms with Gasteiger partial charge in [-0.25, -0.2) is 8.78 Å². The SMILES string of the molecule is COc1cc(C(=O)C=Cc2ccc(F)c(F)c2)ccc1O. The molecule has 0 atom stereocenters. The van der Waals surface area contributed by atoms with Crippen LogP contribution in [0, 0.1) is 11.6 Å². The number of phenolic OH excluding ortho intramolecular Hbond substituents is 1. The lowest BCUT2D eigenvalue weighted by atomic mass is 10.1. The summed E-state index contributed by atoms with van der Waals surface area (Å²) in [5.41, 5.74) is 0.677. The minimum atomic E-state index is -0.976. The fourth-order valence-corrected chi connectivity index (χ4v) is 1.72. The highest BCUT2D eigenvalue weighted by Gasteiger charge is 2.07. The number of benzene rings is 2. The summed E-state index contributed by atoms with van der Waals surface area (Å²) >= 11 is 0. The molecular weight excluding hydrogens is 278 g/mol. The standard InChI is InChI=1S/C16H12F2O3/c1-21-16-9-11(4-7-15(16)20)14(19)6-3-10-2-5-12(17)13(18)8-10/h2-9,20H,1H3. The smallest absolute Gasteiger partial charge is 0.185 e. The number of hydrogen-bond donors (Lipinski definition) is 1. The number of halogens is 2. The summed E-state index contributed by atoms with van der Waals surface area (Å²) in [7, 11) is 1.38. The molecule has 0 aliphatic rings. The van der Waals surface area contributed by atoms with Gasteiger partial charge in [-0.15, -0.1) is 0 Å². The van der Waals surface area contributed by atoms with Crippen molar-refractivity contribution < 1.29 is 23.4 Å². The molecule has 5 heteroatoms. The molecule has 0 bridgehead atoms. The van der Waals surface area contributed by atoms with Gasteiger partial charge in [-0.2, -0.15) is 0 Å². The van der Waals surface area contributed by atoms with Gasteiger partial charge in [0.2, 0.25) is 0 Å². The summed E-state index contributed by atoms with van der Waals surface area (Å²) in [6, 6.07) is 7.53. The van der Waals surface area contributed by atoms with E-state index in [2.05, 4.69) is 0 Å². The number of ether oxygens (including phenoxy) is 1. The Morgan fingerprint density at radius 1 is 1.14 bits per heavy atom. The van der Waals surface area contributed by atoms with E-state index in [0.29, 0.717) is 11.1 Å². The predicted octanol–water partition coefficient (Wildman–Crippen LogP) is 3.58. The molecule has 0 unspecified atom stereocenters. The van der Waals surface area contributed by atoms with Crippen molar-refractivity contribution in [2.24, 2.45) is 0 Å². The van der Waals surface area contributed by atoms with E-state index in [-0.39, 0.29) is 17.3 Å². The lowest BCUT2D eigenvalue weighted by Crippen LogP contribution is -1.95. The minimum Gasteiger partial charge on any atom is -0.504 e. The lowest BCUT2D eigenvalue weighted by Gasteiger charge is -2.04. The molecule has 0 aliphatic heterocycles. The van der Waals surface area contributed by atoms with Gasteiger partial charge < -0.3 is 9.84 Å². The van der Waals surface area contributed by atoms with E-state index in [0.717, 1.165) is 12.1 Å². The van der Waals surface area contributed by atoms with Crippen LogP contribution in [0.5, 0.6) is 11.5 Å². The van der Waals surface area contributed by atoms with Crippen molar-refractivity contribution in [3.63, 3.8) is 0 Å². The van der Waals surface area contributed by atoms with Crippen molar-refractivity contribution in [1.29, 1.82) is 0 Å². The fraction of sp³-hybridized carbons (Fsp3) is 0.0625. The molecule has 2 aromatic carbocycles. The number of phenols is 1. The third-order valence-corrected chi connectivity index (χ3v) is 2.84. The Bertz CT molecular complexity index is 709. The Kier molecular flexibility index (Phi) is 4.33. The Morgan fingerprint density at radius 3 is 2.57 bits per heavy atom. The van der Waals surface area contributed by atoms with Gasteiger partial charge in [-0.05, 0) is 42.0 Å². The van der Waals surface area contributed by atoms with Crippen LogP contribution in [0.3, 0.4) is 0 Å². The Hall–Kier alpha value is -2.69. The molecule has 3 nitrogen and oxygen atoms in total. The zero-order chi connectivity index (χ0) is 15.4. The summed E-state index contributed by atoms with van der Waals surface area (Å²) in [6.07, 6.45) is 2.61. The first kappa shape index (κ1) is 14.7. The number of carbonyl (C=O) groups is 1. The first-order chi connectivity index (χ1) is 10.0. The normalized spacial score (nSPS) is 10.8. The molecule has 2 rings (SSSR count). The Balaban J connectivity index is 2.20. The maximum Gasteiger partial charge on any atom is 0.185 e. The highest BCUT2D eigenvalue weighted by molar-refractivity contribution is 6.07. The average Bonchev–Trinajstić information content (AvgIpc) is 2.48. The molecule has 0 saturated carbocycles. The van der Waals surface area contributed by atoms with Gasteiger partial charge in [0.15, 0.2) is 28.9 Å². The van der Waals surface area contributed by atoms with Gasteiger partial charge in [0.1, 0.15) is 0 Å². The number of aromatic hydroxyl groups is 1. The van der Waals surface area contributed by atoms with Crippen LogP contribution in [0.15, 0.2) is 42.5 Å². The quantitative estimate of drug-likeness (QED) is 0.691. The van der Waals surface area contributed by atoms with Gasteiger partial charge in [0.05, 0.1) is 7.11 Å². The molecule has 21 heavy (non-hydrogen) atoms. The maximum absolute atomic E-state index is 13.0. The van der Waals surface area contributed by atoms with Crippen molar-refractivity contribution >= 4 is 11.9 Å². The van der Waals surface area contributed by atoms with E-state index in [1.165, 1.54) is 43.5 Å². The second-order valence-corrected chi connectivity index (χ2v) is 4.26. The van der Waals surface area contributed by atoms with Crippen LogP contribution in [0.4, 0.5) is 8.78 Å². The van der Waals surface area contributed by atoms with Crippen molar-refractivity contribution in [3.8, 4) is 11.5 Å². The lowest BCUT2D eigenvalue weighted by molar-refractivity contribution is 0.104. The molecular formula is C16H12F2O3. The van der Waals surface area contributed by atoms with Crippen LogP contribution in [0.1, 0.15) is 15.9 Å². The summed E-state index contributed by atoms with van der Waals surface area (Å²) < 4.78 is 30.7. The van der Waals surface area contributed by atoms with Crippen molar-refractivity contribution in [2.45, 2.75) is 0 Å². The molecule has 0 aliphatic carbocycles. The van der Waals surface area contributed by atoms with Crippen molar-refractivity contribution in [3.05, 3.63) is 65.2 Å². The Labute approximate surface area is 120 Å². The summed E-state index contributed by atoms with van der Waals surface area (Å²) in [4.78, 5) is 12.0. The number of allylic oxidation sites excluding steroid dienone is 1. The van der Waals surface area contributed by atoms with Gasteiger partial charge in [0.25, 0.3) is 0 Å². The second-order valence-electron chi connectivity index (χ2n) is 4.26. The van der Waals surface area contributed by atoms with Gasteiger partial charge in [0, 0.05) is 5.56 Å². The highest BCUT2D eigenvalue weighted by Crippen LogP contribution is 2.26. The minimum absolute atomic E-state index is 0.0707. The number of hydrogen-bond acceptors (Lipinski definition) is 3. The molecule has 0 amide bonds. The molecule has 0 aromatic heterocycles. The van der Waals surface area contributed by atoms with E-state index >= 15 is 0 Å². The summed E-state index contributed by atoms with van der Waals surface area (Å²) in [5.74, 6) is -2.16. The van der Waals surface area contributed by atoms with Crippen LogP contribution in [-0.4, -0.2) is 18.0 Å². The van der Waals surface area contributed by atoms with E-state index in [1.807, 2.05) is 0 Å². The van der Waals surface area contributed by atoms with E-state index in [1.54, 1.807) is 0 Å². The van der Waals surface area contributed by atoms with Crippen LogP contribution < -0.4 is 4.74 Å². The highest BCUT2D eigenvalue weighted by atomic mass is 19.2. The van der Waals surface area contributed by atoms with Gasteiger partial charge in [-0.1, -0.05) is 12.1 Å². The van der Waals surface area contributed by atoms with Crippen molar-refractivity contribution in [1.82, 2.24) is 0 Å². The first-order valence-corrected chi connectivity index (χ1v) is 6.05. The largest absolute Gasteiger partial charge is 0.504 e. The molecule has 0 saturated heterocycles. The van der Waals surface area contributed by atoms with Crippen molar-refractivity contribution in [2.75, 3.05) is 7.11 Å². The fourth-order valence-electron chi connectivity index (χ4n) is 1.72. The number of rotatable bonds is 4. The molecule has 0 spiro atoms. The topological polar surface area (TPSA) is 46.5 Å². The molecule has 2 aromatic rings. The zero-order valence-electron chi connectivity index (χ0n) is 11.1. The number of methoxy groups -OCH3 is 1. The maximum atomic E-state index is 13.0. The van der Waals surface area contributed by atoms with Crippen LogP contribution in [-0.2, 0) is 0 Å². The first-order valence-electron chi connectivity index (χ1n) is 6.05. The number of carbonyl (C=O) groups excluding carboxylic acids is 1. The molecule has 0 fully saturated rings. The van der Waals surface area contributed by atoms with Crippen LogP contribution >= 0.6 is 0 Å². The van der Waals surface area contributed by atoms with Crippen LogP contribution in [0.25, 0.3) is 6.08 Å². The number of ketones is 1. The summed E-state index contributed by atoms with van der Waals surface area (Å²) in [6.45, 7) is 0. The van der Waals surface area contributed by atoms with E-state index in [9.17, 15) is 18.7 Å². The van der Waals surface area contributed by atoms with Gasteiger partial charge in [-0.3, -0.25) is 4.79 Å². The monoisotopic (exact) mass is 290 g/mol. The molecule has 108 valence electrons. The van der Waals surface area contributed by atoms with Crippen LogP contribution in [0.2, 0.25) is 0 Å². The zero-order valence-corrected chi connectivity index (χ0v) is 11.1. The Morgan fingerprint density at radius 2 is 1.90 bits per heavy atom. The summed E-state index contributed by atoms with van der Waals surface area (Å²) in [5, 5.41) is 9.45. The third kappa shape index (κ3) is 3.45. The van der Waals surface area contributed by atoms with E-state index in [4.69, 9.17) is 4.74 Å². The molecule has 1 N–H and O–H groups in total. The third-order valence-electron chi connectivity index (χ3n) is 2.84. The van der Waals surface area contributed by atoms with E-state index < -0.39 is 11.6 Å². The van der Waals surface area contributed by atoms with Gasteiger partial charge >= 0.3 is 0 Å². The average molecular weight is 290 g/mol. The second kappa shape index (κ2) is 6.17. The molecule has 0 heterocycles. The predicted molar refractivity (Wildman–Crippen MR) is 74.4 cm³/mol.